The van der Waals surface area contributed by atoms with Crippen LogP contribution in [0.5, 0.6) is 5.75 Å². The van der Waals surface area contributed by atoms with Crippen LogP contribution in [0.2, 0.25) is 5.02 Å². The Hall–Kier alpha value is -1.22. The Balaban J connectivity index is 1.93. The van der Waals surface area contributed by atoms with E-state index in [2.05, 4.69) is 6.92 Å². The Kier molecular flexibility index (Phi) is 4.92. The minimum atomic E-state index is 0.0711. The van der Waals surface area contributed by atoms with Crippen molar-refractivity contribution in [3.63, 3.8) is 0 Å². The van der Waals surface area contributed by atoms with Crippen molar-refractivity contribution in [1.29, 1.82) is 0 Å². The predicted molar refractivity (Wildman–Crippen MR) is 81.4 cm³/mol. The number of hydrogen-bond acceptors (Lipinski definition) is 2. The molecule has 0 aliphatic carbocycles. The maximum absolute atomic E-state index is 12.1. The summed E-state index contributed by atoms with van der Waals surface area (Å²) in [6.45, 7) is 7.87. The Morgan fingerprint density at radius 2 is 2.05 bits per heavy atom. The van der Waals surface area contributed by atoms with E-state index in [1.54, 1.807) is 0 Å². The predicted octanol–water partition coefficient (Wildman–Crippen LogP) is 3.59. The number of piperidine rings is 1. The van der Waals surface area contributed by atoms with Crippen molar-refractivity contribution in [2.45, 2.75) is 33.6 Å². The highest BCUT2D eigenvalue weighted by atomic mass is 35.5. The third kappa shape index (κ3) is 3.66. The number of aryl methyl sites for hydroxylation is 2. The molecule has 0 N–H and O–H groups in total. The van der Waals surface area contributed by atoms with Crippen molar-refractivity contribution in [2.75, 3.05) is 19.7 Å². The van der Waals surface area contributed by atoms with Gasteiger partial charge in [0.2, 0.25) is 0 Å². The highest BCUT2D eigenvalue weighted by Gasteiger charge is 2.21. The summed E-state index contributed by atoms with van der Waals surface area (Å²) in [5.74, 6) is 1.37. The Morgan fingerprint density at radius 1 is 1.40 bits per heavy atom. The number of carbonyl (C=O) groups excluding carboxylic acids is 1. The normalized spacial score (nSPS) is 19.0. The monoisotopic (exact) mass is 295 g/mol. The van der Waals surface area contributed by atoms with Gasteiger partial charge in [0.05, 0.1) is 0 Å². The number of likely N-dealkylation sites (tertiary alicyclic amines) is 1. The van der Waals surface area contributed by atoms with E-state index in [-0.39, 0.29) is 12.5 Å². The van der Waals surface area contributed by atoms with Gasteiger partial charge in [-0.2, -0.15) is 0 Å². The summed E-state index contributed by atoms with van der Waals surface area (Å²) in [4.78, 5) is 14.0. The second-order valence-electron chi connectivity index (χ2n) is 5.75. The number of ether oxygens (including phenoxy) is 1. The Bertz CT molecular complexity index is 478. The molecule has 1 heterocycles. The number of hydrogen-bond donors (Lipinski definition) is 0. The molecule has 0 aromatic heterocycles. The van der Waals surface area contributed by atoms with E-state index in [1.165, 1.54) is 6.42 Å². The minimum absolute atomic E-state index is 0.0711. The summed E-state index contributed by atoms with van der Waals surface area (Å²) >= 11 is 6.12. The zero-order valence-corrected chi connectivity index (χ0v) is 13.2. The van der Waals surface area contributed by atoms with Crippen molar-refractivity contribution in [1.82, 2.24) is 4.90 Å². The highest BCUT2D eigenvalue weighted by molar-refractivity contribution is 6.32. The topological polar surface area (TPSA) is 29.5 Å². The maximum atomic E-state index is 12.1. The number of benzene rings is 1. The van der Waals surface area contributed by atoms with Gasteiger partial charge in [0.1, 0.15) is 5.75 Å². The molecule has 0 spiro atoms. The van der Waals surface area contributed by atoms with Crippen molar-refractivity contribution in [3.05, 3.63) is 28.3 Å². The second-order valence-corrected chi connectivity index (χ2v) is 6.12. The van der Waals surface area contributed by atoms with Crippen LogP contribution in [0.25, 0.3) is 0 Å². The molecular formula is C16H22ClNO2. The smallest absolute Gasteiger partial charge is 0.260 e. The molecule has 20 heavy (non-hydrogen) atoms. The van der Waals surface area contributed by atoms with Crippen LogP contribution >= 0.6 is 11.6 Å². The van der Waals surface area contributed by atoms with Gasteiger partial charge >= 0.3 is 0 Å². The molecule has 0 bridgehead atoms. The third-order valence-electron chi connectivity index (χ3n) is 3.78. The molecule has 1 atom stereocenters. The first-order valence-corrected chi connectivity index (χ1v) is 7.52. The summed E-state index contributed by atoms with van der Waals surface area (Å²) in [7, 11) is 0. The zero-order chi connectivity index (χ0) is 14.7. The van der Waals surface area contributed by atoms with Gasteiger partial charge in [-0.25, -0.2) is 0 Å². The average Bonchev–Trinajstić information content (AvgIpc) is 2.42. The summed E-state index contributed by atoms with van der Waals surface area (Å²) in [5.41, 5.74) is 1.95. The van der Waals surface area contributed by atoms with Crippen LogP contribution in [-0.2, 0) is 4.79 Å². The first-order valence-electron chi connectivity index (χ1n) is 7.14. The standard InChI is InChI=1S/C16H22ClNO2/c1-11-5-4-6-18(9-11)15(19)10-20-14-7-12(2)16(17)13(3)8-14/h7-8,11H,4-6,9-10H2,1-3H3. The van der Waals surface area contributed by atoms with Gasteiger partial charge in [0, 0.05) is 18.1 Å². The van der Waals surface area contributed by atoms with Gasteiger partial charge in [-0.3, -0.25) is 4.79 Å². The van der Waals surface area contributed by atoms with Gasteiger partial charge in [-0.1, -0.05) is 18.5 Å². The highest BCUT2D eigenvalue weighted by Crippen LogP contribution is 2.26. The molecule has 0 radical (unpaired) electrons. The van der Waals surface area contributed by atoms with E-state index in [4.69, 9.17) is 16.3 Å². The quantitative estimate of drug-likeness (QED) is 0.853. The van der Waals surface area contributed by atoms with Gasteiger partial charge in [0.15, 0.2) is 6.61 Å². The van der Waals surface area contributed by atoms with E-state index in [9.17, 15) is 4.79 Å². The lowest BCUT2D eigenvalue weighted by molar-refractivity contribution is -0.135. The molecule has 1 unspecified atom stereocenters. The summed E-state index contributed by atoms with van der Waals surface area (Å²) in [5, 5.41) is 0.758. The largest absolute Gasteiger partial charge is 0.484 e. The van der Waals surface area contributed by atoms with Crippen LogP contribution in [0, 0.1) is 19.8 Å². The molecular weight excluding hydrogens is 274 g/mol. The van der Waals surface area contributed by atoms with Crippen LogP contribution in [0.1, 0.15) is 30.9 Å². The van der Waals surface area contributed by atoms with Crippen LogP contribution < -0.4 is 4.74 Å². The summed E-state index contributed by atoms with van der Waals surface area (Å²) < 4.78 is 5.62. The van der Waals surface area contributed by atoms with Crippen LogP contribution in [-0.4, -0.2) is 30.5 Å². The fraction of sp³-hybridized carbons (Fsp3) is 0.562. The maximum Gasteiger partial charge on any atom is 0.260 e. The van der Waals surface area contributed by atoms with Crippen LogP contribution in [0.15, 0.2) is 12.1 Å². The Labute approximate surface area is 125 Å². The Morgan fingerprint density at radius 3 is 2.65 bits per heavy atom. The number of rotatable bonds is 3. The zero-order valence-electron chi connectivity index (χ0n) is 12.4. The minimum Gasteiger partial charge on any atom is -0.484 e. The molecule has 3 nitrogen and oxygen atoms in total. The molecule has 1 amide bonds. The second kappa shape index (κ2) is 6.49. The first kappa shape index (κ1) is 15.2. The van der Waals surface area contributed by atoms with Gasteiger partial charge < -0.3 is 9.64 Å². The first-order chi connectivity index (χ1) is 9.47. The van der Waals surface area contributed by atoms with Gasteiger partial charge in [0.25, 0.3) is 5.91 Å². The summed E-state index contributed by atoms with van der Waals surface area (Å²) in [6.07, 6.45) is 2.30. The van der Waals surface area contributed by atoms with Crippen molar-refractivity contribution in [3.8, 4) is 5.75 Å². The number of carbonyl (C=O) groups is 1. The van der Waals surface area contributed by atoms with Crippen molar-refractivity contribution < 1.29 is 9.53 Å². The lowest BCUT2D eigenvalue weighted by Gasteiger charge is -2.30. The number of halogens is 1. The average molecular weight is 296 g/mol. The van der Waals surface area contributed by atoms with E-state index in [1.807, 2.05) is 30.9 Å². The molecule has 2 rings (SSSR count). The van der Waals surface area contributed by atoms with Crippen LogP contribution in [0.3, 0.4) is 0 Å². The number of amides is 1. The SMILES string of the molecule is Cc1cc(OCC(=O)N2CCCC(C)C2)cc(C)c1Cl. The van der Waals surface area contributed by atoms with Crippen LogP contribution in [0.4, 0.5) is 0 Å². The van der Waals surface area contributed by atoms with E-state index in [0.717, 1.165) is 35.7 Å². The number of nitrogens with zero attached hydrogens (tertiary/aromatic N) is 1. The van der Waals surface area contributed by atoms with E-state index in [0.29, 0.717) is 11.7 Å². The molecule has 1 aliphatic heterocycles. The van der Waals surface area contributed by atoms with E-state index >= 15 is 0 Å². The molecule has 1 fully saturated rings. The van der Waals surface area contributed by atoms with Gasteiger partial charge in [-0.15, -0.1) is 0 Å². The van der Waals surface area contributed by atoms with Crippen molar-refractivity contribution in [2.24, 2.45) is 5.92 Å². The molecule has 1 aromatic rings. The lowest BCUT2D eigenvalue weighted by atomic mass is 10.0. The van der Waals surface area contributed by atoms with Gasteiger partial charge in [-0.05, 0) is 55.9 Å². The van der Waals surface area contributed by atoms with E-state index < -0.39 is 0 Å². The lowest BCUT2D eigenvalue weighted by Crippen LogP contribution is -2.41. The molecule has 1 aliphatic rings. The fourth-order valence-corrected chi connectivity index (χ4v) is 2.75. The molecule has 4 heteroatoms. The molecule has 1 aromatic carbocycles. The third-order valence-corrected chi connectivity index (χ3v) is 4.38. The van der Waals surface area contributed by atoms with Crippen molar-refractivity contribution >= 4 is 17.5 Å². The fourth-order valence-electron chi connectivity index (χ4n) is 2.64. The molecule has 1 saturated heterocycles. The summed E-state index contributed by atoms with van der Waals surface area (Å²) in [6, 6.07) is 3.75. The molecule has 0 saturated carbocycles. The molecule has 110 valence electrons.